The molecule has 0 amide bonds. The van der Waals surface area contributed by atoms with Gasteiger partial charge in [-0.05, 0) is 38.9 Å². The molecule has 0 radical (unpaired) electrons. The molecular weight excluding hydrogens is 303 g/mol. The van der Waals surface area contributed by atoms with Crippen LogP contribution in [0.15, 0.2) is 0 Å². The van der Waals surface area contributed by atoms with Crippen molar-refractivity contribution >= 4 is 40.5 Å². The second-order valence-corrected chi connectivity index (χ2v) is 5.62. The largest absolute Gasteiger partial charge is 0.363 e. The van der Waals surface area contributed by atoms with Crippen molar-refractivity contribution < 1.29 is 0 Å². The van der Waals surface area contributed by atoms with E-state index in [-0.39, 0.29) is 0 Å². The molecule has 0 aliphatic carbocycles. The van der Waals surface area contributed by atoms with Crippen molar-refractivity contribution in [2.45, 2.75) is 46.2 Å². The van der Waals surface area contributed by atoms with Crippen LogP contribution in [0.1, 0.15) is 32.4 Å². The van der Waals surface area contributed by atoms with Gasteiger partial charge in [0.15, 0.2) is 5.11 Å². The van der Waals surface area contributed by atoms with Gasteiger partial charge in [-0.3, -0.25) is 4.68 Å². The molecule has 1 rings (SSSR count). The normalized spacial score (nSPS) is 12.3. The monoisotopic (exact) mass is 322 g/mol. The number of aryl methyl sites for hydroxylation is 2. The van der Waals surface area contributed by atoms with Gasteiger partial charge in [-0.1, -0.05) is 30.1 Å². The van der Waals surface area contributed by atoms with E-state index in [0.29, 0.717) is 27.9 Å². The zero-order valence-corrected chi connectivity index (χ0v) is 13.8. The summed E-state index contributed by atoms with van der Waals surface area (Å²) in [4.78, 5) is 0. The van der Waals surface area contributed by atoms with E-state index in [1.54, 1.807) is 4.68 Å². The van der Waals surface area contributed by atoms with Gasteiger partial charge in [0, 0.05) is 19.1 Å². The lowest BCUT2D eigenvalue weighted by atomic mass is 10.3. The molecule has 0 aliphatic heterocycles. The van der Waals surface area contributed by atoms with Crippen LogP contribution in [-0.2, 0) is 6.54 Å². The Morgan fingerprint density at radius 2 is 2.16 bits per heavy atom. The minimum absolute atomic E-state index is 0.391. The van der Waals surface area contributed by atoms with Crippen LogP contribution < -0.4 is 10.6 Å². The van der Waals surface area contributed by atoms with Gasteiger partial charge in [-0.2, -0.15) is 5.10 Å². The third-order valence-electron chi connectivity index (χ3n) is 2.82. The molecule has 1 aromatic rings. The van der Waals surface area contributed by atoms with Gasteiger partial charge in [-0.15, -0.1) is 0 Å². The van der Waals surface area contributed by atoms with Crippen LogP contribution in [0.5, 0.6) is 0 Å². The first kappa shape index (κ1) is 16.5. The summed E-state index contributed by atoms with van der Waals surface area (Å²) in [7, 11) is 0. The summed E-state index contributed by atoms with van der Waals surface area (Å²) in [6.07, 6.45) is 1.92. The van der Waals surface area contributed by atoms with E-state index in [1.165, 1.54) is 0 Å². The first-order valence-electron chi connectivity index (χ1n) is 6.38. The van der Waals surface area contributed by atoms with Crippen molar-refractivity contribution in [3.8, 4) is 0 Å². The Labute approximate surface area is 129 Å². The fourth-order valence-electron chi connectivity index (χ4n) is 1.49. The summed E-state index contributed by atoms with van der Waals surface area (Å²) in [6.45, 7) is 7.54. The first-order valence-corrected chi connectivity index (χ1v) is 7.54. The van der Waals surface area contributed by atoms with Crippen LogP contribution in [-0.4, -0.2) is 27.5 Å². The standard InChI is InChI=1S/C12H20Cl2N4S/c1-4-8(2)16-12(19)15-6-5-7-18-11(14)10(13)9(3)17-18/h8H,4-7H2,1-3H3,(H2,15,16,19). The van der Waals surface area contributed by atoms with Crippen LogP contribution in [0.2, 0.25) is 10.2 Å². The number of nitrogens with zero attached hydrogens (tertiary/aromatic N) is 2. The average Bonchev–Trinajstić information content (AvgIpc) is 2.62. The number of halogens is 2. The smallest absolute Gasteiger partial charge is 0.166 e. The average molecular weight is 323 g/mol. The number of aromatic nitrogens is 2. The zero-order chi connectivity index (χ0) is 14.4. The first-order chi connectivity index (χ1) is 8.95. The fraction of sp³-hybridized carbons (Fsp3) is 0.667. The molecule has 0 saturated carbocycles. The van der Waals surface area contributed by atoms with E-state index < -0.39 is 0 Å². The van der Waals surface area contributed by atoms with Gasteiger partial charge in [0.2, 0.25) is 0 Å². The third kappa shape index (κ3) is 5.16. The van der Waals surface area contributed by atoms with Crippen LogP contribution in [0, 0.1) is 6.92 Å². The molecule has 4 nitrogen and oxygen atoms in total. The molecule has 2 N–H and O–H groups in total. The minimum Gasteiger partial charge on any atom is -0.363 e. The second-order valence-electron chi connectivity index (χ2n) is 4.48. The van der Waals surface area contributed by atoms with E-state index in [2.05, 4.69) is 29.6 Å². The van der Waals surface area contributed by atoms with Crippen molar-refractivity contribution in [2.75, 3.05) is 6.54 Å². The van der Waals surface area contributed by atoms with Gasteiger partial charge < -0.3 is 10.6 Å². The van der Waals surface area contributed by atoms with Gasteiger partial charge in [0.25, 0.3) is 0 Å². The summed E-state index contributed by atoms with van der Waals surface area (Å²) < 4.78 is 1.71. The van der Waals surface area contributed by atoms with Crippen molar-refractivity contribution in [1.29, 1.82) is 0 Å². The maximum atomic E-state index is 6.05. The topological polar surface area (TPSA) is 41.9 Å². The highest BCUT2D eigenvalue weighted by Crippen LogP contribution is 2.24. The molecule has 1 aromatic heterocycles. The van der Waals surface area contributed by atoms with Crippen LogP contribution in [0.25, 0.3) is 0 Å². The van der Waals surface area contributed by atoms with Crippen molar-refractivity contribution in [3.63, 3.8) is 0 Å². The van der Waals surface area contributed by atoms with Crippen molar-refractivity contribution in [1.82, 2.24) is 20.4 Å². The molecule has 1 atom stereocenters. The van der Waals surface area contributed by atoms with E-state index >= 15 is 0 Å². The molecule has 7 heteroatoms. The maximum absolute atomic E-state index is 6.05. The summed E-state index contributed by atoms with van der Waals surface area (Å²) in [5, 5.41) is 12.4. The number of hydrogen-bond donors (Lipinski definition) is 2. The molecule has 0 aliphatic rings. The van der Waals surface area contributed by atoms with Crippen LogP contribution in [0.4, 0.5) is 0 Å². The molecule has 1 heterocycles. The highest BCUT2D eigenvalue weighted by atomic mass is 35.5. The third-order valence-corrected chi connectivity index (χ3v) is 4.01. The Morgan fingerprint density at radius 1 is 1.47 bits per heavy atom. The Morgan fingerprint density at radius 3 is 2.68 bits per heavy atom. The Bertz CT molecular complexity index is 434. The molecule has 0 saturated heterocycles. The number of hydrogen-bond acceptors (Lipinski definition) is 2. The van der Waals surface area contributed by atoms with E-state index in [9.17, 15) is 0 Å². The fourth-order valence-corrected chi connectivity index (χ4v) is 2.18. The highest BCUT2D eigenvalue weighted by Gasteiger charge is 2.10. The molecule has 0 aromatic carbocycles. The summed E-state index contributed by atoms with van der Waals surface area (Å²) >= 11 is 17.2. The zero-order valence-electron chi connectivity index (χ0n) is 11.5. The molecule has 19 heavy (non-hydrogen) atoms. The van der Waals surface area contributed by atoms with Crippen molar-refractivity contribution in [2.24, 2.45) is 0 Å². The van der Waals surface area contributed by atoms with Gasteiger partial charge in [0.1, 0.15) is 10.2 Å². The molecular formula is C12H20Cl2N4S. The number of thiocarbonyl (C=S) groups is 1. The summed E-state index contributed by atoms with van der Waals surface area (Å²) in [6, 6.07) is 0.391. The van der Waals surface area contributed by atoms with Crippen molar-refractivity contribution in [3.05, 3.63) is 15.9 Å². The van der Waals surface area contributed by atoms with Gasteiger partial charge in [-0.25, -0.2) is 0 Å². The summed E-state index contributed by atoms with van der Waals surface area (Å²) in [5.74, 6) is 0. The maximum Gasteiger partial charge on any atom is 0.166 e. The van der Waals surface area contributed by atoms with Gasteiger partial charge >= 0.3 is 0 Å². The van der Waals surface area contributed by atoms with Crippen LogP contribution >= 0.6 is 35.4 Å². The Hall–Kier alpha value is -0.520. The Balaban J connectivity index is 2.27. The number of nitrogens with one attached hydrogen (secondary N) is 2. The minimum atomic E-state index is 0.391. The predicted molar refractivity (Wildman–Crippen MR) is 85.1 cm³/mol. The molecule has 1 unspecified atom stereocenters. The predicted octanol–water partition coefficient (Wildman–Crippen LogP) is 3.15. The lowest BCUT2D eigenvalue weighted by Gasteiger charge is -2.15. The summed E-state index contributed by atoms with van der Waals surface area (Å²) in [5.41, 5.74) is 0.758. The number of rotatable bonds is 6. The quantitative estimate of drug-likeness (QED) is 0.623. The lowest BCUT2D eigenvalue weighted by Crippen LogP contribution is -2.40. The second kappa shape index (κ2) is 7.92. The van der Waals surface area contributed by atoms with E-state index in [4.69, 9.17) is 35.4 Å². The molecule has 0 fully saturated rings. The van der Waals surface area contributed by atoms with E-state index in [1.807, 2.05) is 6.92 Å². The Kier molecular flexibility index (Phi) is 6.89. The van der Waals surface area contributed by atoms with E-state index in [0.717, 1.165) is 25.1 Å². The molecule has 0 bridgehead atoms. The van der Waals surface area contributed by atoms with Gasteiger partial charge in [0.05, 0.1) is 5.69 Å². The lowest BCUT2D eigenvalue weighted by molar-refractivity contribution is 0.564. The van der Waals surface area contributed by atoms with Crippen LogP contribution in [0.3, 0.4) is 0 Å². The highest BCUT2D eigenvalue weighted by molar-refractivity contribution is 7.80. The molecule has 0 spiro atoms. The SMILES string of the molecule is CCC(C)NC(=S)NCCCn1nc(C)c(Cl)c1Cl. The molecule has 108 valence electrons.